The van der Waals surface area contributed by atoms with Crippen molar-refractivity contribution in [2.75, 3.05) is 13.1 Å². The first-order valence-electron chi connectivity index (χ1n) is 8.98. The zero-order chi connectivity index (χ0) is 18.6. The van der Waals surface area contributed by atoms with Crippen LogP contribution in [0.2, 0.25) is 0 Å². The Morgan fingerprint density at radius 1 is 1.19 bits per heavy atom. The fraction of sp³-hybridized carbons (Fsp3) is 0.238. The summed E-state index contributed by atoms with van der Waals surface area (Å²) in [6.07, 6.45) is 0.886. The molecule has 0 bridgehead atoms. The Morgan fingerprint density at radius 3 is 2.78 bits per heavy atom. The SMILES string of the molecule is O=C(N[C@@H]1CCN(Cc2ccccc2)C1)c1cc(-c2ccccc2F)on1. The number of aromatic nitrogens is 1. The molecule has 6 heteroatoms. The molecule has 4 rings (SSSR count). The number of hydrogen-bond donors (Lipinski definition) is 1. The first kappa shape index (κ1) is 17.4. The van der Waals surface area contributed by atoms with Gasteiger partial charge in [0, 0.05) is 31.7 Å². The molecule has 1 N–H and O–H groups in total. The number of halogens is 1. The average Bonchev–Trinajstić information content (AvgIpc) is 3.33. The quantitative estimate of drug-likeness (QED) is 0.752. The smallest absolute Gasteiger partial charge is 0.273 e. The molecule has 1 aromatic heterocycles. The van der Waals surface area contributed by atoms with Crippen molar-refractivity contribution in [3.8, 4) is 11.3 Å². The van der Waals surface area contributed by atoms with Crippen molar-refractivity contribution in [3.05, 3.63) is 77.7 Å². The molecule has 27 heavy (non-hydrogen) atoms. The summed E-state index contributed by atoms with van der Waals surface area (Å²) in [4.78, 5) is 14.8. The van der Waals surface area contributed by atoms with E-state index in [0.29, 0.717) is 5.56 Å². The number of carbonyl (C=O) groups is 1. The molecular weight excluding hydrogens is 345 g/mol. The van der Waals surface area contributed by atoms with Gasteiger partial charge in [0.05, 0.1) is 5.56 Å². The molecule has 1 aliphatic heterocycles. The molecule has 3 aromatic rings. The second kappa shape index (κ2) is 7.72. The van der Waals surface area contributed by atoms with Gasteiger partial charge in [0.2, 0.25) is 0 Å². The highest BCUT2D eigenvalue weighted by atomic mass is 19.1. The second-order valence-corrected chi connectivity index (χ2v) is 6.74. The van der Waals surface area contributed by atoms with Gasteiger partial charge in [0.25, 0.3) is 5.91 Å². The van der Waals surface area contributed by atoms with Crippen LogP contribution in [0.15, 0.2) is 65.2 Å². The molecule has 1 atom stereocenters. The van der Waals surface area contributed by atoms with Crippen molar-refractivity contribution >= 4 is 5.91 Å². The standard InChI is InChI=1S/C21H20FN3O2/c22-18-9-5-4-8-17(18)20-12-19(24-27-20)21(26)23-16-10-11-25(14-16)13-15-6-2-1-3-7-15/h1-9,12,16H,10-11,13-14H2,(H,23,26)/t16-/m1/s1. The van der Waals surface area contributed by atoms with E-state index in [1.54, 1.807) is 18.2 Å². The van der Waals surface area contributed by atoms with Crippen molar-refractivity contribution in [1.82, 2.24) is 15.4 Å². The molecule has 2 aromatic carbocycles. The third-order valence-electron chi connectivity index (χ3n) is 4.74. The van der Waals surface area contributed by atoms with E-state index in [4.69, 9.17) is 4.52 Å². The highest BCUT2D eigenvalue weighted by Crippen LogP contribution is 2.23. The fourth-order valence-corrected chi connectivity index (χ4v) is 3.37. The maximum absolute atomic E-state index is 13.8. The van der Waals surface area contributed by atoms with Gasteiger partial charge < -0.3 is 9.84 Å². The van der Waals surface area contributed by atoms with Crippen LogP contribution in [-0.4, -0.2) is 35.1 Å². The lowest BCUT2D eigenvalue weighted by Gasteiger charge is -2.16. The van der Waals surface area contributed by atoms with E-state index >= 15 is 0 Å². The van der Waals surface area contributed by atoms with Gasteiger partial charge in [-0.1, -0.05) is 47.6 Å². The minimum atomic E-state index is -0.409. The number of benzene rings is 2. The number of hydrogen-bond acceptors (Lipinski definition) is 4. The van der Waals surface area contributed by atoms with E-state index in [1.165, 1.54) is 17.7 Å². The van der Waals surface area contributed by atoms with Crippen molar-refractivity contribution in [2.45, 2.75) is 19.0 Å². The highest BCUT2D eigenvalue weighted by molar-refractivity contribution is 5.93. The number of carbonyl (C=O) groups excluding carboxylic acids is 1. The first-order valence-corrected chi connectivity index (χ1v) is 8.98. The van der Waals surface area contributed by atoms with Crippen LogP contribution in [0, 0.1) is 5.82 Å². The van der Waals surface area contributed by atoms with E-state index in [-0.39, 0.29) is 23.4 Å². The Bertz CT molecular complexity index is 926. The summed E-state index contributed by atoms with van der Waals surface area (Å²) in [6, 6.07) is 18.1. The van der Waals surface area contributed by atoms with Crippen LogP contribution >= 0.6 is 0 Å². The van der Waals surface area contributed by atoms with E-state index in [0.717, 1.165) is 26.1 Å². The number of nitrogens with one attached hydrogen (secondary N) is 1. The molecule has 2 heterocycles. The lowest BCUT2D eigenvalue weighted by molar-refractivity contribution is 0.0928. The topological polar surface area (TPSA) is 58.4 Å². The Kier molecular flexibility index (Phi) is 4.98. The van der Waals surface area contributed by atoms with Gasteiger partial charge in [-0.05, 0) is 24.1 Å². The molecule has 0 aliphatic carbocycles. The van der Waals surface area contributed by atoms with Crippen LogP contribution in [0.5, 0.6) is 0 Å². The Balaban J connectivity index is 1.35. The predicted octanol–water partition coefficient (Wildman–Crippen LogP) is 3.49. The van der Waals surface area contributed by atoms with Crippen molar-refractivity contribution in [3.63, 3.8) is 0 Å². The van der Waals surface area contributed by atoms with Crippen molar-refractivity contribution in [1.29, 1.82) is 0 Å². The largest absolute Gasteiger partial charge is 0.355 e. The molecule has 138 valence electrons. The minimum Gasteiger partial charge on any atom is -0.355 e. The van der Waals surface area contributed by atoms with Crippen LogP contribution in [-0.2, 0) is 6.54 Å². The van der Waals surface area contributed by atoms with E-state index in [2.05, 4.69) is 27.5 Å². The molecule has 0 spiro atoms. The molecule has 5 nitrogen and oxygen atoms in total. The third-order valence-corrected chi connectivity index (χ3v) is 4.74. The van der Waals surface area contributed by atoms with Crippen LogP contribution in [0.4, 0.5) is 4.39 Å². The summed E-state index contributed by atoms with van der Waals surface area (Å²) in [5, 5.41) is 6.79. The van der Waals surface area contributed by atoms with Crippen molar-refractivity contribution in [2.24, 2.45) is 0 Å². The van der Waals surface area contributed by atoms with Gasteiger partial charge in [-0.3, -0.25) is 9.69 Å². The van der Waals surface area contributed by atoms with Crippen LogP contribution in [0.3, 0.4) is 0 Å². The average molecular weight is 365 g/mol. The lowest BCUT2D eigenvalue weighted by atomic mass is 10.1. The molecule has 0 radical (unpaired) electrons. The maximum atomic E-state index is 13.8. The van der Waals surface area contributed by atoms with Gasteiger partial charge in [0.15, 0.2) is 11.5 Å². The summed E-state index contributed by atoms with van der Waals surface area (Å²) >= 11 is 0. The molecule has 0 saturated carbocycles. The molecule has 1 amide bonds. The van der Waals surface area contributed by atoms with Gasteiger partial charge in [-0.15, -0.1) is 0 Å². The van der Waals surface area contributed by atoms with Gasteiger partial charge in [-0.25, -0.2) is 4.39 Å². The summed E-state index contributed by atoms with van der Waals surface area (Å²) in [7, 11) is 0. The predicted molar refractivity (Wildman–Crippen MR) is 99.5 cm³/mol. The van der Waals surface area contributed by atoms with E-state index in [9.17, 15) is 9.18 Å². The fourth-order valence-electron chi connectivity index (χ4n) is 3.37. The Hall–Kier alpha value is -2.99. The highest BCUT2D eigenvalue weighted by Gasteiger charge is 2.25. The van der Waals surface area contributed by atoms with E-state index < -0.39 is 5.82 Å². The Labute approximate surface area is 156 Å². The number of rotatable bonds is 5. The molecular formula is C21H20FN3O2. The minimum absolute atomic E-state index is 0.0647. The van der Waals surface area contributed by atoms with Gasteiger partial charge >= 0.3 is 0 Å². The zero-order valence-electron chi connectivity index (χ0n) is 14.8. The van der Waals surface area contributed by atoms with Gasteiger partial charge in [-0.2, -0.15) is 0 Å². The van der Waals surface area contributed by atoms with Crippen LogP contribution in [0.1, 0.15) is 22.5 Å². The monoisotopic (exact) mass is 365 g/mol. The van der Waals surface area contributed by atoms with Crippen LogP contribution < -0.4 is 5.32 Å². The molecule has 1 aliphatic rings. The molecule has 1 saturated heterocycles. The first-order chi connectivity index (χ1) is 13.2. The van der Waals surface area contributed by atoms with Crippen LogP contribution in [0.25, 0.3) is 11.3 Å². The summed E-state index contributed by atoms with van der Waals surface area (Å²) < 4.78 is 19.0. The third kappa shape index (κ3) is 4.06. The summed E-state index contributed by atoms with van der Waals surface area (Å²) in [5.74, 6) is -0.462. The normalized spacial score (nSPS) is 17.1. The zero-order valence-corrected chi connectivity index (χ0v) is 14.8. The summed E-state index contributed by atoms with van der Waals surface area (Å²) in [5.41, 5.74) is 1.71. The number of amides is 1. The number of likely N-dealkylation sites (tertiary alicyclic amines) is 1. The van der Waals surface area contributed by atoms with Gasteiger partial charge in [0.1, 0.15) is 5.82 Å². The molecule has 1 fully saturated rings. The molecule has 0 unspecified atom stereocenters. The lowest BCUT2D eigenvalue weighted by Crippen LogP contribution is -2.37. The number of nitrogens with zero attached hydrogens (tertiary/aromatic N) is 2. The summed E-state index contributed by atoms with van der Waals surface area (Å²) in [6.45, 7) is 2.59. The van der Waals surface area contributed by atoms with Crippen molar-refractivity contribution < 1.29 is 13.7 Å². The second-order valence-electron chi connectivity index (χ2n) is 6.74. The maximum Gasteiger partial charge on any atom is 0.273 e. The van der Waals surface area contributed by atoms with E-state index in [1.807, 2.05) is 18.2 Å². The Morgan fingerprint density at radius 2 is 1.96 bits per heavy atom.